The first kappa shape index (κ1) is 4.87. The van der Waals surface area contributed by atoms with Crippen molar-refractivity contribution in [3.05, 3.63) is 0 Å². The molecule has 2 N–H and O–H groups in total. The van der Waals surface area contributed by atoms with E-state index >= 15 is 0 Å². The van der Waals surface area contributed by atoms with Crippen LogP contribution < -0.4 is 5.14 Å². The predicted molar refractivity (Wildman–Crippen MR) is 14.6 cm³/mol. The van der Waals surface area contributed by atoms with Crippen molar-refractivity contribution in [2.24, 2.45) is 0 Å². The van der Waals surface area contributed by atoms with Gasteiger partial charge in [0.2, 0.25) is 0 Å². The van der Waals surface area contributed by atoms with E-state index in [4.69, 9.17) is 18.1 Å². The molecule has 0 atom stereocenters. The zero-order chi connectivity index (χ0) is 4.50. The molecule has 0 aliphatic rings. The van der Waals surface area contributed by atoms with E-state index in [0.29, 0.717) is 0 Å². The van der Waals surface area contributed by atoms with Crippen LogP contribution in [-0.4, -0.2) is 13.0 Å². The summed E-state index contributed by atoms with van der Waals surface area (Å²) in [7, 11) is -4.42. The second-order valence-corrected chi connectivity index (χ2v) is 1.43. The number of hydrogen-bond donors (Lipinski definition) is 1. The lowest BCUT2D eigenvalue weighted by atomic mass is 13.9. The summed E-state index contributed by atoms with van der Waals surface area (Å²) < 4.78 is 24.9. The molecule has 0 aromatic rings. The van der Waals surface area contributed by atoms with E-state index in [9.17, 15) is 0 Å². The van der Waals surface area contributed by atoms with Crippen molar-refractivity contribution in [1.82, 2.24) is 5.14 Å². The maximum absolute atomic E-state index is 8.85. The third kappa shape index (κ3) is 801. The highest BCUT2D eigenvalue weighted by atomic mass is 32.2. The Balaban J connectivity index is 4.06. The van der Waals surface area contributed by atoms with Crippen molar-refractivity contribution in [3.63, 3.8) is 0 Å². The first-order valence-corrected chi connectivity index (χ1v) is 2.16. The van der Waals surface area contributed by atoms with E-state index in [-0.39, 0.29) is 0 Å². The molecule has 0 saturated carbocycles. The van der Waals surface area contributed by atoms with Gasteiger partial charge in [0.25, 0.3) is 0 Å². The Labute approximate surface area is 29.5 Å². The molecule has 0 rings (SSSR count). The first-order chi connectivity index (χ1) is 2.00. The molecule has 1 radical (unpaired) electrons. The summed E-state index contributed by atoms with van der Waals surface area (Å²) in [5.41, 5.74) is 0. The Morgan fingerprint density at radius 3 is 1.60 bits per heavy atom. The fourth-order valence-electron chi connectivity index (χ4n) is 0. The van der Waals surface area contributed by atoms with Gasteiger partial charge in [-0.2, -0.15) is 8.42 Å². The van der Waals surface area contributed by atoms with Crippen molar-refractivity contribution in [2.75, 3.05) is 0 Å². The molecule has 5 heteroatoms. The molecule has 0 aromatic carbocycles. The molecule has 5 heavy (non-hydrogen) atoms. The minimum absolute atomic E-state index is 4.42. The van der Waals surface area contributed by atoms with E-state index in [1.807, 2.05) is 0 Å². The molecule has 0 aliphatic carbocycles. The van der Waals surface area contributed by atoms with Gasteiger partial charge in [-0.25, -0.2) is 0 Å². The normalized spacial score (nSPS) is 11.6. The molecule has 0 aromatic heterocycles. The fourth-order valence-corrected chi connectivity index (χ4v) is 0. The Kier molecular flexibility index (Phi) is 0.901. The molecule has 0 fully saturated rings. The van der Waals surface area contributed by atoms with Gasteiger partial charge in [0.15, 0.2) is 0 Å². The SMILES string of the molecule is [NH]S(=O)(=O)O. The van der Waals surface area contributed by atoms with E-state index in [2.05, 4.69) is 0 Å². The molecule has 0 unspecified atom stereocenters. The van der Waals surface area contributed by atoms with Crippen LogP contribution >= 0.6 is 0 Å². The molecule has 0 spiro atoms. The van der Waals surface area contributed by atoms with Crippen LogP contribution in [0.1, 0.15) is 0 Å². The number of nitrogens with one attached hydrogen (secondary N) is 1. The monoisotopic (exact) mass is 96.0 g/mol. The van der Waals surface area contributed by atoms with Gasteiger partial charge in [0.05, 0.1) is 0 Å². The number of hydrogen-bond acceptors (Lipinski definition) is 2. The Bertz CT molecular complexity index is 90.1. The highest BCUT2D eigenvalue weighted by molar-refractivity contribution is 7.83. The van der Waals surface area contributed by atoms with Crippen molar-refractivity contribution >= 4 is 10.3 Å². The zero-order valence-corrected chi connectivity index (χ0v) is 2.99. The zero-order valence-electron chi connectivity index (χ0n) is 2.17. The van der Waals surface area contributed by atoms with Crippen molar-refractivity contribution in [3.8, 4) is 0 Å². The molecular weight excluding hydrogens is 94.1 g/mol. The van der Waals surface area contributed by atoms with Crippen LogP contribution in [-0.2, 0) is 10.3 Å². The largest absolute Gasteiger partial charge is 0.347 e. The van der Waals surface area contributed by atoms with Crippen LogP contribution in [0.4, 0.5) is 0 Å². The van der Waals surface area contributed by atoms with Crippen molar-refractivity contribution < 1.29 is 13.0 Å². The van der Waals surface area contributed by atoms with Gasteiger partial charge in [-0.15, -0.1) is 5.14 Å². The molecule has 0 aliphatic heterocycles. The van der Waals surface area contributed by atoms with Crippen LogP contribution in [0.25, 0.3) is 0 Å². The van der Waals surface area contributed by atoms with E-state index in [0.717, 1.165) is 0 Å². The van der Waals surface area contributed by atoms with Crippen LogP contribution in [0, 0.1) is 0 Å². The summed E-state index contributed by atoms with van der Waals surface area (Å²) >= 11 is 0. The first-order valence-electron chi connectivity index (χ1n) is 0.720. The highest BCUT2D eigenvalue weighted by Crippen LogP contribution is 1.56. The summed E-state index contributed by atoms with van der Waals surface area (Å²) in [5.74, 6) is 0. The summed E-state index contributed by atoms with van der Waals surface area (Å²) in [4.78, 5) is 0. The molecule has 4 nitrogen and oxygen atoms in total. The molecular formula is H2NO3S. The predicted octanol–water partition coefficient (Wildman–Crippen LogP) is -0.928. The molecule has 0 bridgehead atoms. The number of rotatable bonds is 0. The quantitative estimate of drug-likeness (QED) is 0.396. The second kappa shape index (κ2) is 0.925. The van der Waals surface area contributed by atoms with Gasteiger partial charge in [-0.05, 0) is 0 Å². The summed E-state index contributed by atoms with van der Waals surface area (Å²) in [6.45, 7) is 0. The lowest BCUT2D eigenvalue weighted by molar-refractivity contribution is 0.483. The average molecular weight is 96.1 g/mol. The Morgan fingerprint density at radius 2 is 1.60 bits per heavy atom. The van der Waals surface area contributed by atoms with Gasteiger partial charge in [-0.1, -0.05) is 0 Å². The van der Waals surface area contributed by atoms with Crippen molar-refractivity contribution in [2.45, 2.75) is 0 Å². The molecule has 0 amide bonds. The second-order valence-electron chi connectivity index (χ2n) is 0.475. The van der Waals surface area contributed by atoms with Gasteiger partial charge in [0, 0.05) is 0 Å². The van der Waals surface area contributed by atoms with Gasteiger partial charge < -0.3 is 0 Å². The third-order valence-electron chi connectivity index (χ3n) is 0. The topological polar surface area (TPSA) is 78.2 Å². The minimum Gasteiger partial charge on any atom is -0.273 e. The highest BCUT2D eigenvalue weighted by Gasteiger charge is 1.83. The summed E-state index contributed by atoms with van der Waals surface area (Å²) in [5, 5.41) is 5.47. The fraction of sp³-hybridized carbons (Fsp3) is 0. The van der Waals surface area contributed by atoms with E-state index < -0.39 is 10.3 Å². The third-order valence-corrected chi connectivity index (χ3v) is 0. The maximum atomic E-state index is 8.85. The molecule has 31 valence electrons. The summed E-state index contributed by atoms with van der Waals surface area (Å²) in [6.07, 6.45) is 0. The van der Waals surface area contributed by atoms with Crippen LogP contribution in [0.5, 0.6) is 0 Å². The molecule has 0 heterocycles. The summed E-state index contributed by atoms with van der Waals surface area (Å²) in [6, 6.07) is 0. The minimum atomic E-state index is -4.42. The van der Waals surface area contributed by atoms with Crippen LogP contribution in [0.15, 0.2) is 0 Å². The smallest absolute Gasteiger partial charge is 0.273 e. The van der Waals surface area contributed by atoms with Crippen LogP contribution in [0.3, 0.4) is 0 Å². The van der Waals surface area contributed by atoms with E-state index in [1.165, 1.54) is 0 Å². The van der Waals surface area contributed by atoms with Crippen molar-refractivity contribution in [1.29, 1.82) is 0 Å². The Hall–Kier alpha value is -0.130. The lowest BCUT2D eigenvalue weighted by Crippen LogP contribution is -1.93. The van der Waals surface area contributed by atoms with Gasteiger partial charge >= 0.3 is 10.3 Å². The standard InChI is InChI=1S/H2NO3S/c1-5(2,3)4/h1H,(H,2,3,4). The molecule has 0 saturated heterocycles. The lowest BCUT2D eigenvalue weighted by Gasteiger charge is -1.67. The van der Waals surface area contributed by atoms with Crippen LogP contribution in [0.2, 0.25) is 0 Å². The van der Waals surface area contributed by atoms with E-state index in [1.54, 1.807) is 0 Å². The Morgan fingerprint density at radius 1 is 1.60 bits per heavy atom. The maximum Gasteiger partial charge on any atom is 0.347 e. The van der Waals surface area contributed by atoms with Gasteiger partial charge in [-0.3, -0.25) is 4.55 Å². The average Bonchev–Trinajstić information content (AvgIpc) is 0.722. The van der Waals surface area contributed by atoms with Gasteiger partial charge in [0.1, 0.15) is 0 Å².